The molecule has 9 heteroatoms. The lowest BCUT2D eigenvalue weighted by molar-refractivity contribution is 0.252. The van der Waals surface area contributed by atoms with Crippen LogP contribution in [-0.2, 0) is 0 Å². The molecule has 0 saturated heterocycles. The monoisotopic (exact) mass is 383 g/mol. The predicted molar refractivity (Wildman–Crippen MR) is 105 cm³/mol. The van der Waals surface area contributed by atoms with Gasteiger partial charge in [-0.3, -0.25) is 4.57 Å². The predicted octanol–water partition coefficient (Wildman–Crippen LogP) is 2.96. The zero-order valence-corrected chi connectivity index (χ0v) is 16.0. The maximum Gasteiger partial charge on any atom is 0.319 e. The van der Waals surface area contributed by atoms with Gasteiger partial charge in [-0.05, 0) is 32.9 Å². The van der Waals surface area contributed by atoms with Crippen LogP contribution in [0.4, 0.5) is 20.7 Å². The molecule has 0 aliphatic carbocycles. The van der Waals surface area contributed by atoms with Crippen molar-refractivity contribution in [3.63, 3.8) is 0 Å². The van der Waals surface area contributed by atoms with Crippen molar-refractivity contribution in [2.24, 2.45) is 0 Å². The van der Waals surface area contributed by atoms with Crippen LogP contribution in [0, 0.1) is 26.6 Å². The number of aryl methyl sites for hydroxylation is 2. The van der Waals surface area contributed by atoms with Crippen LogP contribution in [0.25, 0.3) is 5.82 Å². The highest BCUT2D eigenvalue weighted by atomic mass is 19.1. The van der Waals surface area contributed by atoms with Crippen molar-refractivity contribution in [1.29, 1.82) is 0 Å². The van der Waals surface area contributed by atoms with E-state index >= 15 is 0 Å². The average Bonchev–Trinajstić information content (AvgIpc) is 3.08. The zero-order chi connectivity index (χ0) is 20.1. The van der Waals surface area contributed by atoms with Crippen LogP contribution < -0.4 is 16.0 Å². The van der Waals surface area contributed by atoms with Crippen molar-refractivity contribution < 1.29 is 9.18 Å². The van der Waals surface area contributed by atoms with Crippen LogP contribution in [0.2, 0.25) is 0 Å². The minimum absolute atomic E-state index is 0.359. The number of anilines is 2. The van der Waals surface area contributed by atoms with E-state index in [1.807, 2.05) is 30.7 Å². The number of urea groups is 1. The first-order valence-corrected chi connectivity index (χ1v) is 8.84. The third kappa shape index (κ3) is 4.61. The van der Waals surface area contributed by atoms with E-state index in [4.69, 9.17) is 0 Å². The standard InChI is InChI=1S/C19H22FN7O/c1-12-15(20)5-4-6-16(12)26-19(28)23-8-7-22-17-11-18(25-13(2)24-17)27-10-9-21-14(27)3/h4-6,9-11H,7-8H2,1-3H3,(H,22,24,25)(H2,23,26,28). The number of hydrogen-bond acceptors (Lipinski definition) is 5. The average molecular weight is 383 g/mol. The fourth-order valence-corrected chi connectivity index (χ4v) is 2.66. The molecule has 0 fully saturated rings. The number of rotatable bonds is 6. The molecule has 0 spiro atoms. The summed E-state index contributed by atoms with van der Waals surface area (Å²) in [5.41, 5.74) is 0.840. The van der Waals surface area contributed by atoms with Gasteiger partial charge in [-0.25, -0.2) is 24.1 Å². The first kappa shape index (κ1) is 19.3. The summed E-state index contributed by atoms with van der Waals surface area (Å²) < 4.78 is 15.4. The smallest absolute Gasteiger partial charge is 0.319 e. The third-order valence-electron chi connectivity index (χ3n) is 4.13. The number of hydrogen-bond donors (Lipinski definition) is 3. The summed E-state index contributed by atoms with van der Waals surface area (Å²) in [5.74, 6) is 2.47. The van der Waals surface area contributed by atoms with Gasteiger partial charge in [0.1, 0.15) is 29.1 Å². The Morgan fingerprint density at radius 3 is 2.75 bits per heavy atom. The maximum atomic E-state index is 13.5. The second-order valence-electron chi connectivity index (χ2n) is 6.22. The Kier molecular flexibility index (Phi) is 5.83. The fraction of sp³-hybridized carbons (Fsp3) is 0.263. The minimum Gasteiger partial charge on any atom is -0.368 e. The summed E-state index contributed by atoms with van der Waals surface area (Å²) in [7, 11) is 0. The van der Waals surface area contributed by atoms with Gasteiger partial charge >= 0.3 is 6.03 Å². The Morgan fingerprint density at radius 2 is 2.00 bits per heavy atom. The Hall–Kier alpha value is -3.49. The van der Waals surface area contributed by atoms with Crippen LogP contribution >= 0.6 is 0 Å². The molecule has 0 unspecified atom stereocenters. The summed E-state index contributed by atoms with van der Waals surface area (Å²) in [6.45, 7) is 6.15. The molecule has 3 rings (SSSR count). The molecule has 0 aliphatic rings. The van der Waals surface area contributed by atoms with E-state index in [0.717, 1.165) is 11.6 Å². The van der Waals surface area contributed by atoms with Gasteiger partial charge in [0.2, 0.25) is 0 Å². The van der Waals surface area contributed by atoms with Crippen LogP contribution in [0.5, 0.6) is 0 Å². The van der Waals surface area contributed by atoms with Gasteiger partial charge in [0.25, 0.3) is 0 Å². The van der Waals surface area contributed by atoms with Crippen molar-refractivity contribution in [3.05, 3.63) is 59.7 Å². The maximum absolute atomic E-state index is 13.5. The molecule has 1 aromatic carbocycles. The molecule has 28 heavy (non-hydrogen) atoms. The van der Waals surface area contributed by atoms with Crippen LogP contribution in [0.15, 0.2) is 36.7 Å². The summed E-state index contributed by atoms with van der Waals surface area (Å²) >= 11 is 0. The normalized spacial score (nSPS) is 10.6. The number of halogens is 1. The van der Waals surface area contributed by atoms with Crippen molar-refractivity contribution in [2.45, 2.75) is 20.8 Å². The summed E-state index contributed by atoms with van der Waals surface area (Å²) in [6, 6.07) is 5.98. The Bertz CT molecular complexity index is 986. The molecule has 8 nitrogen and oxygen atoms in total. The highest BCUT2D eigenvalue weighted by Gasteiger charge is 2.08. The summed E-state index contributed by atoms with van der Waals surface area (Å²) in [6.07, 6.45) is 3.55. The molecule has 3 aromatic rings. The second-order valence-corrected chi connectivity index (χ2v) is 6.22. The van der Waals surface area contributed by atoms with Gasteiger partial charge in [0.15, 0.2) is 0 Å². The number of nitrogens with zero attached hydrogens (tertiary/aromatic N) is 4. The highest BCUT2D eigenvalue weighted by molar-refractivity contribution is 5.90. The Balaban J connectivity index is 1.53. The van der Waals surface area contributed by atoms with E-state index in [9.17, 15) is 9.18 Å². The first-order chi connectivity index (χ1) is 13.4. The fourth-order valence-electron chi connectivity index (χ4n) is 2.66. The van der Waals surface area contributed by atoms with Gasteiger partial charge in [-0.1, -0.05) is 6.07 Å². The Labute approximate surface area is 162 Å². The van der Waals surface area contributed by atoms with Crippen molar-refractivity contribution >= 4 is 17.5 Å². The van der Waals surface area contributed by atoms with Crippen LogP contribution in [0.1, 0.15) is 17.2 Å². The molecule has 2 amide bonds. The van der Waals surface area contributed by atoms with Crippen molar-refractivity contribution in [3.8, 4) is 5.82 Å². The van der Waals surface area contributed by atoms with Gasteiger partial charge in [-0.2, -0.15) is 0 Å². The molecule has 0 saturated carbocycles. The number of carbonyl (C=O) groups excluding carboxylic acids is 1. The molecule has 0 bridgehead atoms. The van der Waals surface area contributed by atoms with Gasteiger partial charge in [-0.15, -0.1) is 0 Å². The molecule has 3 N–H and O–H groups in total. The lowest BCUT2D eigenvalue weighted by Crippen LogP contribution is -2.33. The quantitative estimate of drug-likeness (QED) is 0.569. The lowest BCUT2D eigenvalue weighted by Gasteiger charge is -2.12. The summed E-state index contributed by atoms with van der Waals surface area (Å²) in [4.78, 5) is 24.9. The van der Waals surface area contributed by atoms with Crippen LogP contribution in [-0.4, -0.2) is 38.6 Å². The number of amides is 2. The van der Waals surface area contributed by atoms with Gasteiger partial charge < -0.3 is 16.0 Å². The number of aromatic nitrogens is 4. The van der Waals surface area contributed by atoms with E-state index in [-0.39, 0.29) is 5.82 Å². The van der Waals surface area contributed by atoms with Gasteiger partial charge in [0.05, 0.1) is 0 Å². The minimum atomic E-state index is -0.399. The topological polar surface area (TPSA) is 96.8 Å². The van der Waals surface area contributed by atoms with E-state index in [0.29, 0.717) is 36.0 Å². The third-order valence-corrected chi connectivity index (χ3v) is 4.13. The van der Waals surface area contributed by atoms with E-state index < -0.39 is 6.03 Å². The van der Waals surface area contributed by atoms with E-state index in [2.05, 4.69) is 30.9 Å². The first-order valence-electron chi connectivity index (χ1n) is 8.84. The van der Waals surface area contributed by atoms with Crippen molar-refractivity contribution in [2.75, 3.05) is 23.7 Å². The molecule has 0 atom stereocenters. The number of benzene rings is 1. The van der Waals surface area contributed by atoms with E-state index in [1.165, 1.54) is 6.07 Å². The number of imidazole rings is 1. The van der Waals surface area contributed by atoms with Crippen molar-refractivity contribution in [1.82, 2.24) is 24.8 Å². The molecule has 2 heterocycles. The summed E-state index contributed by atoms with van der Waals surface area (Å²) in [5, 5.41) is 8.52. The Morgan fingerprint density at radius 1 is 1.18 bits per heavy atom. The zero-order valence-electron chi connectivity index (χ0n) is 16.0. The molecule has 0 aliphatic heterocycles. The number of carbonyl (C=O) groups is 1. The molecule has 2 aromatic heterocycles. The lowest BCUT2D eigenvalue weighted by atomic mass is 10.2. The highest BCUT2D eigenvalue weighted by Crippen LogP contribution is 2.17. The van der Waals surface area contributed by atoms with E-state index in [1.54, 1.807) is 25.3 Å². The molecule has 0 radical (unpaired) electrons. The number of nitrogens with one attached hydrogen (secondary N) is 3. The van der Waals surface area contributed by atoms with Gasteiger partial charge in [0, 0.05) is 42.8 Å². The van der Waals surface area contributed by atoms with Crippen LogP contribution in [0.3, 0.4) is 0 Å². The largest absolute Gasteiger partial charge is 0.368 e. The molecular weight excluding hydrogens is 361 g/mol. The molecule has 146 valence electrons. The second kappa shape index (κ2) is 8.47. The molecular formula is C19H22FN7O. The SMILES string of the molecule is Cc1nc(NCCNC(=O)Nc2cccc(F)c2C)cc(-n2ccnc2C)n1.